The van der Waals surface area contributed by atoms with Crippen LogP contribution in [0.15, 0.2) is 419 Å². The second-order valence-corrected chi connectivity index (χ2v) is 30.9. The summed E-state index contributed by atoms with van der Waals surface area (Å²) in [5, 5.41) is 0. The Bertz CT molecular complexity index is 6040. The first-order valence-corrected chi connectivity index (χ1v) is 41.6. The maximum atomic E-state index is 11.1. The summed E-state index contributed by atoms with van der Waals surface area (Å²) in [7, 11) is 0. The average Bonchev–Trinajstić information content (AvgIpc) is 0.722. The lowest BCUT2D eigenvalue weighted by molar-refractivity contribution is -0.139. The molecule has 0 atom stereocenters. The van der Waals surface area contributed by atoms with Crippen LogP contribution in [0, 0.1) is 55.4 Å². The van der Waals surface area contributed by atoms with E-state index in [1.807, 2.05) is 18.2 Å². The Kier molecular flexibility index (Phi) is 27.2. The van der Waals surface area contributed by atoms with Crippen LogP contribution >= 0.6 is 0 Å². The predicted molar refractivity (Wildman–Crippen MR) is 516 cm³/mol. The van der Waals surface area contributed by atoms with E-state index in [2.05, 4.69) is 457 Å². The van der Waals surface area contributed by atoms with Gasteiger partial charge in [-0.05, 0) is 281 Å². The highest BCUT2D eigenvalue weighted by molar-refractivity contribution is 6.09. The SMILES string of the molecule is C=C(C)C(=O)OCCOc1cc(C)c(C)c(C)c1.C=Cc1cc(C)c(C)c(C)c1.Cc1c(-c2ccc(-c3cc(-c4ccccc4)ccc3-c3ccccc3)cc2)cccc1-c1ccc(-c2cc(-c3ccccc3)ccc2-c2ccccc2)cc1.Cc1c(-c2ccccc2)c(-c2ccccc2)c(-c2ccccc2)c(-c2ccccc2)c1-c1ccccc1. The van der Waals surface area contributed by atoms with Gasteiger partial charge in [0.15, 0.2) is 0 Å². The Balaban J connectivity index is 0.000000154. The molecule has 3 heteroatoms. The van der Waals surface area contributed by atoms with E-state index >= 15 is 0 Å². The summed E-state index contributed by atoms with van der Waals surface area (Å²) in [4.78, 5) is 11.1. The van der Waals surface area contributed by atoms with Crippen molar-refractivity contribution < 1.29 is 14.3 Å². The first-order valence-electron chi connectivity index (χ1n) is 41.6. The molecule has 592 valence electrons. The molecule has 0 aliphatic carbocycles. The Hall–Kier alpha value is -14.5. The number of hydrogen-bond acceptors (Lipinski definition) is 3. The van der Waals surface area contributed by atoms with Gasteiger partial charge in [-0.3, -0.25) is 0 Å². The smallest absolute Gasteiger partial charge is 0.333 e. The fourth-order valence-corrected chi connectivity index (χ4v) is 16.0. The molecule has 0 saturated heterocycles. The summed E-state index contributed by atoms with van der Waals surface area (Å²) in [6.45, 7) is 26.6. The Morgan fingerprint density at radius 1 is 0.248 bits per heavy atom. The topological polar surface area (TPSA) is 35.5 Å². The Labute approximate surface area is 716 Å². The van der Waals surface area contributed by atoms with Crippen molar-refractivity contribution in [3.8, 4) is 150 Å². The van der Waals surface area contributed by atoms with Crippen LogP contribution in [0.2, 0.25) is 0 Å². The van der Waals surface area contributed by atoms with Gasteiger partial charge in [-0.1, -0.05) is 395 Å². The van der Waals surface area contributed by atoms with Crippen molar-refractivity contribution in [2.45, 2.75) is 62.3 Å². The number of carbonyl (C=O) groups excluding carboxylic acids is 1. The number of carbonyl (C=O) groups is 1. The lowest BCUT2D eigenvalue weighted by atomic mass is 9.76. The minimum absolute atomic E-state index is 0.234. The highest BCUT2D eigenvalue weighted by Crippen LogP contribution is 2.53. The molecule has 0 fully saturated rings. The molecule has 0 unspecified atom stereocenters. The Morgan fingerprint density at radius 2 is 0.512 bits per heavy atom. The van der Waals surface area contributed by atoms with Gasteiger partial charge in [-0.15, -0.1) is 0 Å². The van der Waals surface area contributed by atoms with E-state index in [1.54, 1.807) is 6.92 Å². The number of esters is 1. The van der Waals surface area contributed by atoms with Gasteiger partial charge >= 0.3 is 5.97 Å². The maximum Gasteiger partial charge on any atom is 0.333 e. The monoisotopic (exact) mass is 1570 g/mol. The standard InChI is InChI=1S/C55H40.C37H28.C15H20O3.C11H14/c1-39-50(44-25-29-46(30-26-44)54-37-48(40-15-6-2-7-16-40)33-35-52(54)42-19-10-4-11-20-42)23-14-24-51(39)45-27-31-47(32-28-45)55-38-49(41-17-8-3-9-18-41)34-36-53(55)43-21-12-5-13-22-43;1-27-33(28-17-7-2-8-18-28)35(30-21-11-4-12-22-30)37(32-25-15-6-16-26-32)36(31-23-13-5-14-24-31)34(27)29-19-9-3-10-20-29;1-10(2)15(16)18-7-6-17-14-8-11(3)13(5)12(4)9-14;1-5-11-6-8(2)10(4)9(3)7-11/h2-38H,1H3;2-26H,1H3;8-9H,1,6-7H2,2-5H3;5-7H,1H2,2-4H3. The van der Waals surface area contributed by atoms with Crippen molar-refractivity contribution in [1.29, 1.82) is 0 Å². The van der Waals surface area contributed by atoms with Gasteiger partial charge in [0.25, 0.3) is 0 Å². The van der Waals surface area contributed by atoms with Crippen LogP contribution in [0.3, 0.4) is 0 Å². The zero-order chi connectivity index (χ0) is 84.1. The van der Waals surface area contributed by atoms with Crippen molar-refractivity contribution in [3.05, 3.63) is 469 Å². The first-order chi connectivity index (χ1) is 59.1. The highest BCUT2D eigenvalue weighted by atomic mass is 16.6. The summed E-state index contributed by atoms with van der Waals surface area (Å²) >= 11 is 0. The van der Waals surface area contributed by atoms with Gasteiger partial charge < -0.3 is 9.47 Å². The molecule has 0 bridgehead atoms. The fraction of sp³-hybridized carbons (Fsp3) is 0.0932. The van der Waals surface area contributed by atoms with Gasteiger partial charge in [-0.25, -0.2) is 4.79 Å². The van der Waals surface area contributed by atoms with Crippen molar-refractivity contribution in [2.24, 2.45) is 0 Å². The molecular formula is C118H102O3. The summed E-state index contributed by atoms with van der Waals surface area (Å²) < 4.78 is 10.5. The van der Waals surface area contributed by atoms with Crippen molar-refractivity contribution in [2.75, 3.05) is 13.2 Å². The predicted octanol–water partition coefficient (Wildman–Crippen LogP) is 32.0. The molecule has 17 rings (SSSR count). The van der Waals surface area contributed by atoms with Crippen molar-refractivity contribution >= 4 is 12.0 Å². The van der Waals surface area contributed by atoms with Gasteiger partial charge in [0.2, 0.25) is 0 Å². The van der Waals surface area contributed by atoms with Gasteiger partial charge in [-0.2, -0.15) is 0 Å². The summed E-state index contributed by atoms with van der Waals surface area (Å²) in [6.07, 6.45) is 1.89. The first kappa shape index (κ1) is 83.0. The fourth-order valence-electron chi connectivity index (χ4n) is 16.0. The summed E-state index contributed by atoms with van der Waals surface area (Å²) in [5.41, 5.74) is 44.0. The molecule has 0 aliphatic heterocycles. The summed E-state index contributed by atoms with van der Waals surface area (Å²) in [5.74, 6) is 0.428. The molecule has 0 aliphatic rings. The normalized spacial score (nSPS) is 10.7. The molecule has 0 amide bonds. The number of ether oxygens (including phenoxy) is 2. The molecule has 17 aromatic carbocycles. The van der Waals surface area contributed by atoms with Crippen LogP contribution in [0.1, 0.15) is 57.0 Å². The van der Waals surface area contributed by atoms with E-state index in [0.29, 0.717) is 12.2 Å². The number of hydrogen-bond donors (Lipinski definition) is 0. The maximum absolute atomic E-state index is 11.1. The van der Waals surface area contributed by atoms with Crippen molar-refractivity contribution in [1.82, 2.24) is 0 Å². The third-order valence-corrected chi connectivity index (χ3v) is 22.9. The van der Waals surface area contributed by atoms with Crippen LogP contribution in [0.25, 0.3) is 151 Å². The van der Waals surface area contributed by atoms with Crippen molar-refractivity contribution in [3.63, 3.8) is 0 Å². The zero-order valence-corrected chi connectivity index (χ0v) is 70.7. The molecule has 0 heterocycles. The molecule has 3 nitrogen and oxygen atoms in total. The van der Waals surface area contributed by atoms with Gasteiger partial charge in [0, 0.05) is 5.57 Å². The molecule has 0 spiro atoms. The summed E-state index contributed by atoms with van der Waals surface area (Å²) in [6, 6.07) is 144. The third-order valence-electron chi connectivity index (χ3n) is 22.9. The lowest BCUT2D eigenvalue weighted by Gasteiger charge is -2.27. The quantitative estimate of drug-likeness (QED) is 0.0460. The van der Waals surface area contributed by atoms with E-state index < -0.39 is 0 Å². The van der Waals surface area contributed by atoms with Crippen LogP contribution < -0.4 is 4.74 Å². The van der Waals surface area contributed by atoms with E-state index in [1.165, 1.54) is 195 Å². The molecule has 0 saturated carbocycles. The van der Waals surface area contributed by atoms with Gasteiger partial charge in [0.1, 0.15) is 19.0 Å². The molecular weight excluding hydrogens is 1470 g/mol. The molecule has 17 aromatic rings. The van der Waals surface area contributed by atoms with Crippen LogP contribution in [-0.4, -0.2) is 19.2 Å². The van der Waals surface area contributed by atoms with Gasteiger partial charge in [0.05, 0.1) is 0 Å². The van der Waals surface area contributed by atoms with E-state index in [4.69, 9.17) is 9.47 Å². The number of rotatable bonds is 19. The van der Waals surface area contributed by atoms with E-state index in [-0.39, 0.29) is 12.6 Å². The van der Waals surface area contributed by atoms with E-state index in [0.717, 1.165) is 5.75 Å². The molecule has 121 heavy (non-hydrogen) atoms. The third kappa shape index (κ3) is 19.9. The second kappa shape index (κ2) is 39.6. The van der Waals surface area contributed by atoms with Crippen LogP contribution in [0.5, 0.6) is 5.75 Å². The highest BCUT2D eigenvalue weighted by Gasteiger charge is 2.27. The second-order valence-electron chi connectivity index (χ2n) is 30.9. The van der Waals surface area contributed by atoms with Crippen LogP contribution in [-0.2, 0) is 9.53 Å². The Morgan fingerprint density at radius 3 is 0.826 bits per heavy atom. The average molecular weight is 1570 g/mol. The molecule has 0 radical (unpaired) electrons. The minimum Gasteiger partial charge on any atom is -0.490 e. The largest absolute Gasteiger partial charge is 0.490 e. The number of benzene rings is 17. The molecule has 0 aromatic heterocycles. The molecule has 0 N–H and O–H groups in total. The zero-order valence-electron chi connectivity index (χ0n) is 70.7. The lowest BCUT2D eigenvalue weighted by Crippen LogP contribution is -2.12. The minimum atomic E-state index is -0.380. The number of aryl methyl sites for hydroxylation is 4. The van der Waals surface area contributed by atoms with E-state index in [9.17, 15) is 4.79 Å². The van der Waals surface area contributed by atoms with Crippen LogP contribution in [0.4, 0.5) is 0 Å².